The minimum absolute atomic E-state index is 0.641. The number of benzene rings is 1. The molecule has 2 aromatic heterocycles. The summed E-state index contributed by atoms with van der Waals surface area (Å²) in [4.78, 5) is 8.63. The van der Waals surface area contributed by atoms with E-state index in [0.717, 1.165) is 24.1 Å². The van der Waals surface area contributed by atoms with Crippen LogP contribution in [0.3, 0.4) is 0 Å². The Morgan fingerprint density at radius 3 is 3.16 bits per heavy atom. The lowest BCUT2D eigenvalue weighted by Crippen LogP contribution is -2.11. The highest BCUT2D eigenvalue weighted by Crippen LogP contribution is 2.29. The Morgan fingerprint density at radius 2 is 2.21 bits per heavy atom. The van der Waals surface area contributed by atoms with E-state index < -0.39 is 0 Å². The number of nitrogens with zero attached hydrogens (tertiary/aromatic N) is 2. The van der Waals surface area contributed by atoms with Crippen LogP contribution in [0.5, 0.6) is 0 Å². The van der Waals surface area contributed by atoms with Gasteiger partial charge in [-0.3, -0.25) is 0 Å². The first-order valence-corrected chi connectivity index (χ1v) is 6.49. The Morgan fingerprint density at radius 1 is 1.21 bits per heavy atom. The Labute approximate surface area is 110 Å². The average molecular weight is 251 g/mol. The second-order valence-electron chi connectivity index (χ2n) is 4.75. The Balaban J connectivity index is 1.83. The topological polar surface area (TPSA) is 51.0 Å². The van der Waals surface area contributed by atoms with Crippen molar-refractivity contribution in [2.75, 3.05) is 11.9 Å². The molecule has 0 radical (unpaired) electrons. The fourth-order valence-corrected chi connectivity index (χ4v) is 2.50. The molecule has 1 N–H and O–H groups in total. The van der Waals surface area contributed by atoms with Gasteiger partial charge < -0.3 is 9.73 Å². The van der Waals surface area contributed by atoms with E-state index in [2.05, 4.69) is 27.4 Å². The summed E-state index contributed by atoms with van der Waals surface area (Å²) in [5.41, 5.74) is 4.96. The first-order valence-electron chi connectivity index (χ1n) is 6.49. The molecule has 1 aliphatic rings. The molecule has 3 heterocycles. The first-order chi connectivity index (χ1) is 9.40. The number of nitrogens with one attached hydrogen (secondary N) is 1. The summed E-state index contributed by atoms with van der Waals surface area (Å²) in [6, 6.07) is 10.0. The van der Waals surface area contributed by atoms with Gasteiger partial charge in [0.2, 0.25) is 5.89 Å². The van der Waals surface area contributed by atoms with Crippen molar-refractivity contribution in [3.63, 3.8) is 0 Å². The number of fused-ring (bicyclic) bond motifs is 2. The second kappa shape index (κ2) is 4.09. The lowest BCUT2D eigenvalue weighted by molar-refractivity contribution is 0.619. The molecule has 0 bridgehead atoms. The normalized spacial score (nSPS) is 14.1. The minimum atomic E-state index is 0.641. The van der Waals surface area contributed by atoms with Crippen LogP contribution in [-0.4, -0.2) is 16.5 Å². The van der Waals surface area contributed by atoms with Crippen molar-refractivity contribution in [3.05, 3.63) is 42.1 Å². The summed E-state index contributed by atoms with van der Waals surface area (Å²) >= 11 is 0. The number of pyridine rings is 1. The molecule has 0 saturated carbocycles. The lowest BCUT2D eigenvalue weighted by atomic mass is 10.0. The number of rotatable bonds is 1. The zero-order valence-corrected chi connectivity index (χ0v) is 10.4. The van der Waals surface area contributed by atoms with Crippen LogP contribution in [0.25, 0.3) is 22.7 Å². The monoisotopic (exact) mass is 251 g/mol. The molecule has 1 aromatic carbocycles. The lowest BCUT2D eigenvalue weighted by Gasteiger charge is -2.17. The Hall–Kier alpha value is -2.36. The fraction of sp³-hybridized carbons (Fsp3) is 0.200. The molecule has 0 fully saturated rings. The summed E-state index contributed by atoms with van der Waals surface area (Å²) in [7, 11) is 0. The summed E-state index contributed by atoms with van der Waals surface area (Å²) in [6.45, 7) is 1.05. The minimum Gasteiger partial charge on any atom is -0.434 e. The molecule has 0 atom stereocenters. The standard InChI is InChI=1S/C15H13N3O/c1-3-10-9-11(5-6-12(10)16-7-1)15-18-14-13(19-15)4-2-8-17-14/h2,4-6,8-9,16H,1,3,7H2. The molecule has 94 valence electrons. The maximum absolute atomic E-state index is 5.75. The third-order valence-corrected chi connectivity index (χ3v) is 3.46. The highest BCUT2D eigenvalue weighted by molar-refractivity contribution is 5.73. The van der Waals surface area contributed by atoms with E-state index in [-0.39, 0.29) is 0 Å². The van der Waals surface area contributed by atoms with Crippen molar-refractivity contribution in [2.24, 2.45) is 0 Å². The molecule has 0 amide bonds. The molecule has 1 aliphatic heterocycles. The van der Waals surface area contributed by atoms with Crippen molar-refractivity contribution < 1.29 is 4.42 Å². The molecule has 4 heteroatoms. The van der Waals surface area contributed by atoms with Gasteiger partial charge in [-0.1, -0.05) is 0 Å². The van der Waals surface area contributed by atoms with E-state index in [4.69, 9.17) is 4.42 Å². The van der Waals surface area contributed by atoms with Gasteiger partial charge in [-0.25, -0.2) is 4.98 Å². The van der Waals surface area contributed by atoms with Gasteiger partial charge in [-0.05, 0) is 48.7 Å². The van der Waals surface area contributed by atoms with Crippen LogP contribution >= 0.6 is 0 Å². The van der Waals surface area contributed by atoms with Gasteiger partial charge in [-0.2, -0.15) is 4.98 Å². The quantitative estimate of drug-likeness (QED) is 0.721. The molecule has 19 heavy (non-hydrogen) atoms. The maximum Gasteiger partial charge on any atom is 0.228 e. The zero-order chi connectivity index (χ0) is 12.7. The maximum atomic E-state index is 5.75. The van der Waals surface area contributed by atoms with Crippen LogP contribution in [0.1, 0.15) is 12.0 Å². The molecule has 4 rings (SSSR count). The van der Waals surface area contributed by atoms with E-state index in [0.29, 0.717) is 11.5 Å². The predicted molar refractivity (Wildman–Crippen MR) is 74.1 cm³/mol. The van der Waals surface area contributed by atoms with Gasteiger partial charge in [0.05, 0.1) is 0 Å². The summed E-state index contributed by atoms with van der Waals surface area (Å²) in [6.07, 6.45) is 4.01. The van der Waals surface area contributed by atoms with Gasteiger partial charge in [0, 0.05) is 24.0 Å². The molecule has 3 aromatic rings. The molecule has 4 nitrogen and oxygen atoms in total. The summed E-state index contributed by atoms with van der Waals surface area (Å²) in [5, 5.41) is 3.40. The highest BCUT2D eigenvalue weighted by Gasteiger charge is 2.13. The molecule has 0 spiro atoms. The van der Waals surface area contributed by atoms with Gasteiger partial charge in [-0.15, -0.1) is 0 Å². The van der Waals surface area contributed by atoms with Crippen molar-refractivity contribution in [1.29, 1.82) is 0 Å². The number of anilines is 1. The second-order valence-corrected chi connectivity index (χ2v) is 4.75. The first kappa shape index (κ1) is 10.6. The van der Waals surface area contributed by atoms with Crippen LogP contribution in [-0.2, 0) is 6.42 Å². The third-order valence-electron chi connectivity index (χ3n) is 3.46. The van der Waals surface area contributed by atoms with Crippen LogP contribution in [0.15, 0.2) is 40.9 Å². The van der Waals surface area contributed by atoms with Crippen molar-refractivity contribution in [1.82, 2.24) is 9.97 Å². The number of aryl methyl sites for hydroxylation is 1. The van der Waals surface area contributed by atoms with E-state index in [1.807, 2.05) is 18.2 Å². The molecular weight excluding hydrogens is 238 g/mol. The SMILES string of the molecule is c1cnc2nc(-c3ccc4c(c3)CCCN4)oc2c1. The highest BCUT2D eigenvalue weighted by atomic mass is 16.3. The van der Waals surface area contributed by atoms with Gasteiger partial charge in [0.25, 0.3) is 0 Å². The Bertz CT molecular complexity index is 715. The van der Waals surface area contributed by atoms with Crippen molar-refractivity contribution >= 4 is 16.9 Å². The number of hydrogen-bond donors (Lipinski definition) is 1. The van der Waals surface area contributed by atoms with E-state index >= 15 is 0 Å². The Kier molecular flexibility index (Phi) is 2.27. The fourth-order valence-electron chi connectivity index (χ4n) is 2.50. The number of hydrogen-bond acceptors (Lipinski definition) is 4. The summed E-state index contributed by atoms with van der Waals surface area (Å²) < 4.78 is 5.75. The molecular formula is C15H13N3O. The van der Waals surface area contributed by atoms with Gasteiger partial charge in [0.15, 0.2) is 11.2 Å². The van der Waals surface area contributed by atoms with Gasteiger partial charge in [0.1, 0.15) is 0 Å². The van der Waals surface area contributed by atoms with Crippen LogP contribution in [0.4, 0.5) is 5.69 Å². The van der Waals surface area contributed by atoms with Crippen LogP contribution < -0.4 is 5.32 Å². The molecule has 0 unspecified atom stereocenters. The average Bonchev–Trinajstić information content (AvgIpc) is 2.90. The molecule has 0 aliphatic carbocycles. The molecule has 0 saturated heterocycles. The van der Waals surface area contributed by atoms with Crippen LogP contribution in [0, 0.1) is 0 Å². The van der Waals surface area contributed by atoms with Gasteiger partial charge >= 0.3 is 0 Å². The van der Waals surface area contributed by atoms with E-state index in [1.165, 1.54) is 17.7 Å². The van der Waals surface area contributed by atoms with Crippen molar-refractivity contribution in [2.45, 2.75) is 12.8 Å². The predicted octanol–water partition coefficient (Wildman–Crippen LogP) is 3.25. The van der Waals surface area contributed by atoms with Crippen LogP contribution in [0.2, 0.25) is 0 Å². The zero-order valence-electron chi connectivity index (χ0n) is 10.4. The van der Waals surface area contributed by atoms with Crippen molar-refractivity contribution in [3.8, 4) is 11.5 Å². The summed E-state index contributed by atoms with van der Waals surface area (Å²) in [5.74, 6) is 0.641. The van der Waals surface area contributed by atoms with E-state index in [1.54, 1.807) is 6.20 Å². The van der Waals surface area contributed by atoms with E-state index in [9.17, 15) is 0 Å². The third kappa shape index (κ3) is 1.76. The number of aromatic nitrogens is 2. The smallest absolute Gasteiger partial charge is 0.228 e. The largest absolute Gasteiger partial charge is 0.434 e. The number of oxazole rings is 1.